The zero-order valence-electron chi connectivity index (χ0n) is 29.7. The summed E-state index contributed by atoms with van der Waals surface area (Å²) in [6.45, 7) is 0. The number of fused-ring (bicyclic) bond motifs is 2. The first-order valence-electron chi connectivity index (χ1n) is 17.8. The predicted octanol–water partition coefficient (Wildman–Crippen LogP) is 9.62. The summed E-state index contributed by atoms with van der Waals surface area (Å²) in [7, 11) is 5.27. The van der Waals surface area contributed by atoms with E-state index in [2.05, 4.69) is 25.9 Å². The normalized spacial score (nSPS) is 19.2. The second-order valence-corrected chi connectivity index (χ2v) is 14.5. The fourth-order valence-electron chi connectivity index (χ4n) is 6.86. The number of benzene rings is 4. The van der Waals surface area contributed by atoms with Crippen LogP contribution in [0, 0.1) is 0 Å². The summed E-state index contributed by atoms with van der Waals surface area (Å²) >= 11 is 3.57. The van der Waals surface area contributed by atoms with Crippen molar-refractivity contribution in [3.8, 4) is 34.1 Å². The second-order valence-electron chi connectivity index (χ2n) is 13.6. The van der Waals surface area contributed by atoms with Crippen molar-refractivity contribution in [3.05, 3.63) is 130 Å². The third-order valence-corrected chi connectivity index (χ3v) is 10.8. The molecule has 53 heavy (non-hydrogen) atoms. The van der Waals surface area contributed by atoms with Crippen LogP contribution in [0.3, 0.4) is 0 Å². The molecule has 0 aliphatic heterocycles. The van der Waals surface area contributed by atoms with Crippen molar-refractivity contribution < 1.29 is 18.9 Å². The second kappa shape index (κ2) is 15.0. The van der Waals surface area contributed by atoms with Crippen LogP contribution in [-0.2, 0) is 16.5 Å². The van der Waals surface area contributed by atoms with Gasteiger partial charge in [0.25, 0.3) is 0 Å². The molecule has 3 aromatic heterocycles. The number of pyridine rings is 1. The van der Waals surface area contributed by atoms with Crippen molar-refractivity contribution in [1.82, 2.24) is 24.5 Å². The summed E-state index contributed by atoms with van der Waals surface area (Å²) < 4.78 is 25.6. The maximum Gasteiger partial charge on any atom is 0.250 e. The first kappa shape index (κ1) is 34.8. The van der Waals surface area contributed by atoms with Gasteiger partial charge in [0.1, 0.15) is 34.2 Å². The molecule has 2 saturated carbocycles. The average molecular weight is 775 g/mol. The van der Waals surface area contributed by atoms with E-state index in [0.29, 0.717) is 29.8 Å². The molecule has 2 aliphatic rings. The van der Waals surface area contributed by atoms with Crippen molar-refractivity contribution in [2.24, 2.45) is 7.05 Å². The smallest absolute Gasteiger partial charge is 0.250 e. The molecular weight excluding hydrogens is 734 g/mol. The summed E-state index contributed by atoms with van der Waals surface area (Å²) in [6.07, 6.45) is 6.48. The lowest BCUT2D eigenvalue weighted by atomic mass is 9.82. The van der Waals surface area contributed by atoms with Crippen LogP contribution < -0.4 is 15.0 Å². The minimum absolute atomic E-state index is 0.0508. The number of ether oxygens (including phenoxy) is 4. The maximum absolute atomic E-state index is 11.9. The lowest BCUT2D eigenvalue weighted by molar-refractivity contribution is 0.0238. The molecular formula is C42H40BrN5O5. The first-order valence-corrected chi connectivity index (χ1v) is 18.5. The number of para-hydroxylation sites is 2. The zero-order valence-corrected chi connectivity index (χ0v) is 31.3. The minimum Gasteiger partial charge on any atom is -0.454 e. The van der Waals surface area contributed by atoms with Crippen molar-refractivity contribution in [1.29, 1.82) is 0 Å². The van der Waals surface area contributed by atoms with Crippen LogP contribution in [0.1, 0.15) is 49.2 Å². The number of hydrogen-bond acceptors (Lipinski definition) is 7. The molecule has 10 nitrogen and oxygen atoms in total. The quantitative estimate of drug-likeness (QED) is 0.150. The Balaban J connectivity index is 0.000000156. The van der Waals surface area contributed by atoms with E-state index in [0.717, 1.165) is 92.2 Å². The molecule has 9 rings (SSSR count). The van der Waals surface area contributed by atoms with E-state index >= 15 is 0 Å². The molecule has 4 aromatic carbocycles. The summed E-state index contributed by atoms with van der Waals surface area (Å²) in [6, 6.07) is 30.9. The molecule has 0 unspecified atom stereocenters. The van der Waals surface area contributed by atoms with Gasteiger partial charge in [0.05, 0.1) is 27.7 Å². The number of aromatic nitrogens is 5. The van der Waals surface area contributed by atoms with Gasteiger partial charge in [0, 0.05) is 56.5 Å². The van der Waals surface area contributed by atoms with Crippen LogP contribution in [0.5, 0.6) is 23.0 Å². The fourth-order valence-corrected chi connectivity index (χ4v) is 7.26. The lowest BCUT2D eigenvalue weighted by Crippen LogP contribution is -2.29. The Labute approximate surface area is 315 Å². The Morgan fingerprint density at radius 1 is 0.660 bits per heavy atom. The van der Waals surface area contributed by atoms with Gasteiger partial charge >= 0.3 is 0 Å². The van der Waals surface area contributed by atoms with Gasteiger partial charge in [-0.25, -0.2) is 9.97 Å². The van der Waals surface area contributed by atoms with Gasteiger partial charge < -0.3 is 33.5 Å². The molecule has 2 N–H and O–H groups in total. The molecule has 2 fully saturated rings. The highest BCUT2D eigenvalue weighted by molar-refractivity contribution is 9.10. The number of methoxy groups -OCH3 is 2. The van der Waals surface area contributed by atoms with E-state index in [9.17, 15) is 4.79 Å². The Bertz CT molecular complexity index is 2410. The van der Waals surface area contributed by atoms with Crippen molar-refractivity contribution in [2.45, 2.75) is 49.7 Å². The maximum atomic E-state index is 11.9. The Morgan fingerprint density at radius 3 is 1.70 bits per heavy atom. The highest BCUT2D eigenvalue weighted by Crippen LogP contribution is 2.43. The average Bonchev–Trinajstić information content (AvgIpc) is 3.76. The SMILES string of the molecule is COC1CC(c2nc3c(Oc4ccccc4)c(-c4ccc(=O)n(C)c4)ccc3[nH]2)C1.COC1CC(c2nc3c(Oc4ccccc4)c(Br)ccc3[nH]2)C1. The van der Waals surface area contributed by atoms with Crippen molar-refractivity contribution in [3.63, 3.8) is 0 Å². The first-order chi connectivity index (χ1) is 25.9. The van der Waals surface area contributed by atoms with Crippen LogP contribution in [0.25, 0.3) is 33.2 Å². The molecule has 270 valence electrons. The van der Waals surface area contributed by atoms with Gasteiger partial charge in [-0.2, -0.15) is 0 Å². The molecule has 7 aromatic rings. The minimum atomic E-state index is -0.0508. The number of rotatable bonds is 9. The number of aromatic amines is 2. The highest BCUT2D eigenvalue weighted by Gasteiger charge is 2.34. The topological polar surface area (TPSA) is 116 Å². The lowest BCUT2D eigenvalue weighted by Gasteiger charge is -2.32. The molecule has 2 aliphatic carbocycles. The van der Waals surface area contributed by atoms with Gasteiger partial charge in [-0.1, -0.05) is 36.4 Å². The number of hydrogen-bond donors (Lipinski definition) is 2. The highest BCUT2D eigenvalue weighted by atomic mass is 79.9. The molecule has 0 spiro atoms. The van der Waals surface area contributed by atoms with Crippen LogP contribution in [-0.4, -0.2) is 50.9 Å². The van der Waals surface area contributed by atoms with Gasteiger partial charge in [0.15, 0.2) is 11.5 Å². The number of nitrogens with one attached hydrogen (secondary N) is 2. The predicted molar refractivity (Wildman–Crippen MR) is 209 cm³/mol. The van der Waals surface area contributed by atoms with Crippen molar-refractivity contribution in [2.75, 3.05) is 14.2 Å². The fraction of sp³-hybridized carbons (Fsp3) is 0.262. The Morgan fingerprint density at radius 2 is 1.17 bits per heavy atom. The molecule has 0 bridgehead atoms. The molecule has 0 amide bonds. The van der Waals surface area contributed by atoms with E-state index < -0.39 is 0 Å². The van der Waals surface area contributed by atoms with Gasteiger partial charge in [0.2, 0.25) is 5.56 Å². The number of aryl methyl sites for hydroxylation is 1. The third kappa shape index (κ3) is 7.24. The molecule has 11 heteroatoms. The molecule has 0 atom stereocenters. The van der Waals surface area contributed by atoms with Crippen LogP contribution >= 0.6 is 15.9 Å². The number of nitrogens with zero attached hydrogens (tertiary/aromatic N) is 3. The molecule has 0 radical (unpaired) electrons. The van der Waals surface area contributed by atoms with Crippen molar-refractivity contribution >= 4 is 38.0 Å². The summed E-state index contributed by atoms with van der Waals surface area (Å²) in [5, 5.41) is 0. The van der Waals surface area contributed by atoms with Gasteiger partial charge in [-0.15, -0.1) is 0 Å². The number of imidazole rings is 2. The van der Waals surface area contributed by atoms with Crippen LogP contribution in [0.15, 0.2) is 113 Å². The Kier molecular flexibility index (Phi) is 9.87. The van der Waals surface area contributed by atoms with E-state index in [1.54, 1.807) is 31.9 Å². The van der Waals surface area contributed by atoms with E-state index in [-0.39, 0.29) is 5.56 Å². The third-order valence-electron chi connectivity index (χ3n) is 10.2. The van der Waals surface area contributed by atoms with Crippen LogP contribution in [0.2, 0.25) is 0 Å². The summed E-state index contributed by atoms with van der Waals surface area (Å²) in [5.41, 5.74) is 5.33. The molecule has 3 heterocycles. The number of H-pyrrole nitrogens is 2. The van der Waals surface area contributed by atoms with E-state index in [4.69, 9.17) is 28.9 Å². The van der Waals surface area contributed by atoms with Gasteiger partial charge in [-0.3, -0.25) is 4.79 Å². The summed E-state index contributed by atoms with van der Waals surface area (Å²) in [4.78, 5) is 28.5. The van der Waals surface area contributed by atoms with E-state index in [1.165, 1.54) is 0 Å². The summed E-state index contributed by atoms with van der Waals surface area (Å²) in [5.74, 6) is 5.76. The molecule has 0 saturated heterocycles. The van der Waals surface area contributed by atoms with Crippen LogP contribution in [0.4, 0.5) is 0 Å². The number of halogens is 1. The van der Waals surface area contributed by atoms with E-state index in [1.807, 2.05) is 97.2 Å². The zero-order chi connectivity index (χ0) is 36.5. The monoisotopic (exact) mass is 773 g/mol. The Hall–Kier alpha value is -5.23. The largest absolute Gasteiger partial charge is 0.454 e. The van der Waals surface area contributed by atoms with Gasteiger partial charge in [-0.05, 0) is 96.2 Å². The standard InChI is InChI=1S/C24H23N3O3.C18H17BrN2O2/c1-27-14-15(8-11-21(27)28)19-9-10-20-22(23(19)30-17-6-4-3-5-7-17)26-24(25-20)16-12-18(13-16)29-2;1-22-13-9-11(10-13)18-20-15-8-7-14(19)17(16(15)21-18)23-12-5-3-2-4-6-12/h3-11,14,16,18H,12-13H2,1-2H3,(H,25,26);2-8,11,13H,9-10H2,1H3,(H,20,21).